The molecule has 158 valence electrons. The van der Waals surface area contributed by atoms with Crippen molar-refractivity contribution in [2.75, 3.05) is 38.2 Å². The van der Waals surface area contributed by atoms with Crippen LogP contribution in [0.2, 0.25) is 10.0 Å². The molecule has 1 aromatic heterocycles. The number of methoxy groups -OCH3 is 1. The first kappa shape index (κ1) is 21.4. The van der Waals surface area contributed by atoms with Gasteiger partial charge in [-0.25, -0.2) is 13.4 Å². The van der Waals surface area contributed by atoms with Crippen LogP contribution in [-0.2, 0) is 10.0 Å². The number of anilines is 1. The smallest absolute Gasteiger partial charge is 0.244 e. The molecule has 2 heterocycles. The van der Waals surface area contributed by atoms with E-state index in [-0.39, 0.29) is 9.92 Å². The highest BCUT2D eigenvalue weighted by molar-refractivity contribution is 7.89. The monoisotopic (exact) mass is 483 g/mol. The van der Waals surface area contributed by atoms with Crippen molar-refractivity contribution in [3.63, 3.8) is 0 Å². The maximum atomic E-state index is 13.0. The van der Waals surface area contributed by atoms with E-state index in [2.05, 4.69) is 4.90 Å². The quantitative estimate of drug-likeness (QED) is 0.528. The summed E-state index contributed by atoms with van der Waals surface area (Å²) in [5.41, 5.74) is 1.85. The van der Waals surface area contributed by atoms with Crippen molar-refractivity contribution >= 4 is 49.7 Å². The van der Waals surface area contributed by atoms with Gasteiger partial charge in [-0.1, -0.05) is 35.3 Å². The second-order valence-electron chi connectivity index (χ2n) is 6.71. The zero-order chi connectivity index (χ0) is 21.3. The number of nitrogens with zero attached hydrogens (tertiary/aromatic N) is 3. The summed E-state index contributed by atoms with van der Waals surface area (Å²) in [5.74, 6) is 0.778. The molecular formula is C20H19Cl2N3O3S2. The second-order valence-corrected chi connectivity index (χ2v) is 10.3. The third kappa shape index (κ3) is 4.29. The van der Waals surface area contributed by atoms with Crippen molar-refractivity contribution in [2.45, 2.75) is 4.90 Å². The Morgan fingerprint density at radius 2 is 1.83 bits per heavy atom. The normalized spacial score (nSPS) is 15.4. The fourth-order valence-corrected chi connectivity index (χ4v) is 6.31. The topological polar surface area (TPSA) is 62.7 Å². The Morgan fingerprint density at radius 3 is 2.57 bits per heavy atom. The van der Waals surface area contributed by atoms with E-state index in [0.717, 1.165) is 22.1 Å². The molecule has 6 nitrogen and oxygen atoms in total. The van der Waals surface area contributed by atoms with Crippen LogP contribution in [0.25, 0.3) is 11.3 Å². The van der Waals surface area contributed by atoms with Gasteiger partial charge in [0.25, 0.3) is 0 Å². The summed E-state index contributed by atoms with van der Waals surface area (Å²) in [6, 6.07) is 12.2. The van der Waals surface area contributed by atoms with E-state index >= 15 is 0 Å². The number of piperazine rings is 1. The number of hydrogen-bond acceptors (Lipinski definition) is 6. The molecule has 3 aromatic rings. The SMILES string of the molecule is COc1cccc(-c2csc(N3CCN(S(=O)(=O)c4cc(Cl)ccc4Cl)CC3)n2)c1. The van der Waals surface area contributed by atoms with Crippen LogP contribution in [0.5, 0.6) is 5.75 Å². The number of thiazole rings is 1. The number of rotatable bonds is 5. The summed E-state index contributed by atoms with van der Waals surface area (Å²) >= 11 is 13.6. The highest BCUT2D eigenvalue weighted by atomic mass is 35.5. The molecular weight excluding hydrogens is 465 g/mol. The van der Waals surface area contributed by atoms with Gasteiger partial charge in [0.05, 0.1) is 17.8 Å². The second kappa shape index (κ2) is 8.72. The van der Waals surface area contributed by atoms with Crippen molar-refractivity contribution in [3.8, 4) is 17.0 Å². The van der Waals surface area contributed by atoms with Crippen molar-refractivity contribution in [2.24, 2.45) is 0 Å². The molecule has 10 heteroatoms. The average molecular weight is 484 g/mol. The van der Waals surface area contributed by atoms with Gasteiger partial charge in [0.15, 0.2) is 5.13 Å². The predicted octanol–water partition coefficient (Wildman–Crippen LogP) is 4.64. The molecule has 0 aliphatic carbocycles. The Morgan fingerprint density at radius 1 is 1.07 bits per heavy atom. The molecule has 0 saturated carbocycles. The van der Waals surface area contributed by atoms with E-state index < -0.39 is 10.0 Å². The van der Waals surface area contributed by atoms with Gasteiger partial charge in [-0.15, -0.1) is 11.3 Å². The summed E-state index contributed by atoms with van der Waals surface area (Å²) in [6.07, 6.45) is 0. The fourth-order valence-electron chi connectivity index (χ4n) is 3.26. The lowest BCUT2D eigenvalue weighted by Crippen LogP contribution is -2.48. The van der Waals surface area contributed by atoms with Crippen molar-refractivity contribution in [1.82, 2.24) is 9.29 Å². The molecule has 1 saturated heterocycles. The van der Waals surface area contributed by atoms with Gasteiger partial charge < -0.3 is 9.64 Å². The van der Waals surface area contributed by atoms with E-state index in [1.807, 2.05) is 29.6 Å². The molecule has 0 amide bonds. The molecule has 30 heavy (non-hydrogen) atoms. The lowest BCUT2D eigenvalue weighted by molar-refractivity contribution is 0.385. The van der Waals surface area contributed by atoms with Gasteiger partial charge >= 0.3 is 0 Å². The minimum absolute atomic E-state index is 0.0414. The summed E-state index contributed by atoms with van der Waals surface area (Å²) in [4.78, 5) is 6.87. The Labute approximate surface area is 189 Å². The molecule has 1 aliphatic rings. The molecule has 0 radical (unpaired) electrons. The van der Waals surface area contributed by atoms with E-state index in [1.54, 1.807) is 24.5 Å². The molecule has 2 aromatic carbocycles. The lowest BCUT2D eigenvalue weighted by Gasteiger charge is -2.34. The molecule has 1 aliphatic heterocycles. The number of hydrogen-bond donors (Lipinski definition) is 0. The van der Waals surface area contributed by atoms with Crippen LogP contribution in [0.4, 0.5) is 5.13 Å². The molecule has 4 rings (SSSR count). The highest BCUT2D eigenvalue weighted by Crippen LogP contribution is 2.32. The van der Waals surface area contributed by atoms with E-state index in [4.69, 9.17) is 32.9 Å². The fraction of sp³-hybridized carbons (Fsp3) is 0.250. The summed E-state index contributed by atoms with van der Waals surface area (Å²) in [6.45, 7) is 1.78. The first-order valence-corrected chi connectivity index (χ1v) is 12.3. The Hall–Kier alpha value is -1.84. The number of halogens is 2. The summed E-state index contributed by atoms with van der Waals surface area (Å²) in [5, 5.41) is 3.37. The third-order valence-electron chi connectivity index (χ3n) is 4.88. The standard InChI is InChI=1S/C20H19Cl2N3O3S2/c1-28-16-4-2-3-14(11-16)18-13-29-20(23-18)24-7-9-25(10-8-24)30(26,27)19-12-15(21)5-6-17(19)22/h2-6,11-13H,7-10H2,1H3. The maximum absolute atomic E-state index is 13.0. The summed E-state index contributed by atoms with van der Waals surface area (Å²) < 4.78 is 32.7. The van der Waals surface area contributed by atoms with Gasteiger partial charge in [-0.05, 0) is 30.3 Å². The van der Waals surface area contributed by atoms with Gasteiger partial charge in [0.1, 0.15) is 10.6 Å². The molecule has 0 N–H and O–H groups in total. The number of aromatic nitrogens is 1. The Kier molecular flexibility index (Phi) is 6.22. The van der Waals surface area contributed by atoms with Crippen LogP contribution in [0.3, 0.4) is 0 Å². The van der Waals surface area contributed by atoms with Gasteiger partial charge in [0, 0.05) is 42.1 Å². The van der Waals surface area contributed by atoms with E-state index in [1.165, 1.54) is 16.4 Å². The largest absolute Gasteiger partial charge is 0.497 e. The third-order valence-corrected chi connectivity index (χ3v) is 8.39. The van der Waals surface area contributed by atoms with E-state index in [0.29, 0.717) is 31.2 Å². The lowest BCUT2D eigenvalue weighted by atomic mass is 10.2. The average Bonchev–Trinajstić information content (AvgIpc) is 3.26. The summed E-state index contributed by atoms with van der Waals surface area (Å²) in [7, 11) is -2.07. The zero-order valence-corrected chi connectivity index (χ0v) is 19.2. The number of ether oxygens (including phenoxy) is 1. The predicted molar refractivity (Wildman–Crippen MR) is 122 cm³/mol. The van der Waals surface area contributed by atoms with Crippen LogP contribution in [0.1, 0.15) is 0 Å². The molecule has 0 spiro atoms. The maximum Gasteiger partial charge on any atom is 0.244 e. The first-order chi connectivity index (χ1) is 14.4. The van der Waals surface area contributed by atoms with Crippen molar-refractivity contribution in [3.05, 3.63) is 57.9 Å². The van der Waals surface area contributed by atoms with Crippen LogP contribution in [0, 0.1) is 0 Å². The van der Waals surface area contributed by atoms with Crippen LogP contribution >= 0.6 is 34.5 Å². The molecule has 1 fully saturated rings. The molecule has 0 atom stereocenters. The highest BCUT2D eigenvalue weighted by Gasteiger charge is 2.31. The van der Waals surface area contributed by atoms with Gasteiger partial charge in [0.2, 0.25) is 10.0 Å². The van der Waals surface area contributed by atoms with E-state index in [9.17, 15) is 8.42 Å². The number of benzene rings is 2. The van der Waals surface area contributed by atoms with Gasteiger partial charge in [-0.2, -0.15) is 4.31 Å². The van der Waals surface area contributed by atoms with Crippen molar-refractivity contribution in [1.29, 1.82) is 0 Å². The van der Waals surface area contributed by atoms with Crippen molar-refractivity contribution < 1.29 is 13.2 Å². The number of sulfonamides is 1. The molecule has 0 bridgehead atoms. The zero-order valence-electron chi connectivity index (χ0n) is 16.1. The van der Waals surface area contributed by atoms with Crippen LogP contribution < -0.4 is 9.64 Å². The van der Waals surface area contributed by atoms with Crippen LogP contribution in [-0.4, -0.2) is 51.0 Å². The minimum Gasteiger partial charge on any atom is -0.497 e. The molecule has 0 unspecified atom stereocenters. The Balaban J connectivity index is 1.47. The Bertz CT molecular complexity index is 1160. The minimum atomic E-state index is -3.71. The first-order valence-electron chi connectivity index (χ1n) is 9.18. The van der Waals surface area contributed by atoms with Gasteiger partial charge in [-0.3, -0.25) is 0 Å². The van der Waals surface area contributed by atoms with Crippen LogP contribution in [0.15, 0.2) is 52.7 Å².